The molecule has 7 heteroatoms. The van der Waals surface area contributed by atoms with E-state index < -0.39 is 0 Å². The van der Waals surface area contributed by atoms with Crippen molar-refractivity contribution in [1.29, 1.82) is 0 Å². The first-order valence-electron chi connectivity index (χ1n) is 11.4. The summed E-state index contributed by atoms with van der Waals surface area (Å²) < 4.78 is 19.8. The minimum Gasteiger partial charge on any atom is -0.373 e. The van der Waals surface area contributed by atoms with Crippen LogP contribution >= 0.6 is 0 Å². The van der Waals surface area contributed by atoms with E-state index >= 15 is 0 Å². The number of methoxy groups -OCH3 is 1. The van der Waals surface area contributed by atoms with E-state index in [-0.39, 0.29) is 17.8 Å². The van der Waals surface area contributed by atoms with Crippen LogP contribution in [0.2, 0.25) is 0 Å². The number of nitrogens with one attached hydrogen (secondary N) is 2. The second kappa shape index (κ2) is 8.90. The molecule has 1 atom stereocenters. The molecule has 170 valence electrons. The number of fused-ring (bicyclic) bond motifs is 2. The van der Waals surface area contributed by atoms with E-state index in [1.165, 1.54) is 11.6 Å². The van der Waals surface area contributed by atoms with Crippen molar-refractivity contribution >= 4 is 27.8 Å². The van der Waals surface area contributed by atoms with Gasteiger partial charge in [0.05, 0.1) is 16.6 Å². The topological polar surface area (TPSA) is 79.9 Å². The lowest BCUT2D eigenvalue weighted by molar-refractivity contribution is 0.0274. The Labute approximate surface area is 191 Å². The van der Waals surface area contributed by atoms with Gasteiger partial charge in [-0.2, -0.15) is 0 Å². The molecule has 6 nitrogen and oxygen atoms in total. The van der Waals surface area contributed by atoms with Gasteiger partial charge in [-0.3, -0.25) is 9.78 Å². The number of pyridine rings is 1. The number of ether oxygens (including phenoxy) is 1. The maximum Gasteiger partial charge on any atom is 0.251 e. The molecule has 2 N–H and O–H groups in total. The van der Waals surface area contributed by atoms with E-state index in [4.69, 9.17) is 9.72 Å². The number of aromatic amines is 1. The molecule has 2 heterocycles. The van der Waals surface area contributed by atoms with Gasteiger partial charge in [0, 0.05) is 31.3 Å². The van der Waals surface area contributed by atoms with E-state index in [0.29, 0.717) is 17.4 Å². The highest BCUT2D eigenvalue weighted by molar-refractivity contribution is 5.97. The Morgan fingerprint density at radius 1 is 1.12 bits per heavy atom. The average molecular weight is 447 g/mol. The quantitative estimate of drug-likeness (QED) is 0.438. The average Bonchev–Trinajstić information content (AvgIpc) is 3.27. The molecule has 1 aliphatic rings. The molecule has 5 rings (SSSR count). The van der Waals surface area contributed by atoms with E-state index in [1.54, 1.807) is 38.4 Å². The number of carbonyl (C=O) groups excluding carboxylic acids is 1. The molecule has 0 bridgehead atoms. The molecule has 0 saturated heterocycles. The Balaban J connectivity index is 1.35. The number of nitrogens with zero attached hydrogens (tertiary/aromatic N) is 2. The van der Waals surface area contributed by atoms with Crippen molar-refractivity contribution in [3.63, 3.8) is 0 Å². The molecule has 2 aromatic carbocycles. The van der Waals surface area contributed by atoms with Crippen LogP contribution in [0.3, 0.4) is 0 Å². The zero-order chi connectivity index (χ0) is 22.9. The van der Waals surface area contributed by atoms with E-state index in [9.17, 15) is 9.18 Å². The number of H-pyrrole nitrogens is 1. The Bertz CT molecular complexity index is 1310. The Hall–Kier alpha value is -3.32. The summed E-state index contributed by atoms with van der Waals surface area (Å²) in [5.41, 5.74) is 4.24. The lowest BCUT2D eigenvalue weighted by Crippen LogP contribution is -2.22. The van der Waals surface area contributed by atoms with E-state index in [1.807, 2.05) is 18.3 Å². The van der Waals surface area contributed by atoms with Crippen LogP contribution in [0.4, 0.5) is 4.39 Å². The van der Waals surface area contributed by atoms with Crippen molar-refractivity contribution in [3.8, 4) is 0 Å². The molecule has 0 radical (unpaired) electrons. The summed E-state index contributed by atoms with van der Waals surface area (Å²) >= 11 is 0. The third-order valence-corrected chi connectivity index (χ3v) is 6.89. The summed E-state index contributed by atoms with van der Waals surface area (Å²) in [6.45, 7) is 0. The SMILES string of the molecule is CNC(=O)c1ccc2[nH]c([C@H](OC)[C@H]3CC[C@@H](c4ccnc5ccc(F)cc54)CC3)nc2c1. The second-order valence-corrected chi connectivity index (χ2v) is 8.76. The number of benzene rings is 2. The highest BCUT2D eigenvalue weighted by Gasteiger charge is 2.31. The van der Waals surface area contributed by atoms with Crippen molar-refractivity contribution in [2.45, 2.75) is 37.7 Å². The maximum absolute atomic E-state index is 13.9. The number of imidazole rings is 1. The lowest BCUT2D eigenvalue weighted by Gasteiger charge is -2.33. The first kappa shape index (κ1) is 21.5. The molecule has 2 aromatic heterocycles. The monoisotopic (exact) mass is 446 g/mol. The Morgan fingerprint density at radius 2 is 1.94 bits per heavy atom. The zero-order valence-corrected chi connectivity index (χ0v) is 18.8. The number of halogens is 1. The van der Waals surface area contributed by atoms with Gasteiger partial charge in [0.25, 0.3) is 5.91 Å². The molecular weight excluding hydrogens is 419 g/mol. The molecule has 1 saturated carbocycles. The van der Waals surface area contributed by atoms with Gasteiger partial charge in [-0.25, -0.2) is 9.37 Å². The van der Waals surface area contributed by atoms with Crippen LogP contribution in [0.15, 0.2) is 48.7 Å². The van der Waals surface area contributed by atoms with E-state index in [2.05, 4.69) is 15.3 Å². The highest BCUT2D eigenvalue weighted by atomic mass is 19.1. The predicted molar refractivity (Wildman–Crippen MR) is 126 cm³/mol. The Kier molecular flexibility index (Phi) is 5.81. The number of hydrogen-bond acceptors (Lipinski definition) is 4. The third kappa shape index (κ3) is 4.09. The smallest absolute Gasteiger partial charge is 0.251 e. The van der Waals surface area contributed by atoms with Crippen molar-refractivity contribution in [2.75, 3.05) is 14.2 Å². The molecule has 33 heavy (non-hydrogen) atoms. The van der Waals surface area contributed by atoms with Crippen LogP contribution in [0, 0.1) is 11.7 Å². The number of aromatic nitrogens is 3. The molecule has 1 amide bonds. The largest absolute Gasteiger partial charge is 0.373 e. The standard InChI is InChI=1S/C26H27FN4O2/c1-28-26(32)17-7-9-22-23(13-17)31-25(30-22)24(33-2)16-5-3-15(4-6-16)19-11-12-29-21-10-8-18(27)14-20(19)21/h7-16,24H,3-6H2,1-2H3,(H,28,32)(H,30,31)/t15-,16+,24-/m1/s1. The van der Waals surface area contributed by atoms with Gasteiger partial charge in [0.2, 0.25) is 0 Å². The molecule has 1 aliphatic carbocycles. The number of amides is 1. The predicted octanol–water partition coefficient (Wildman–Crippen LogP) is 5.27. The van der Waals surface area contributed by atoms with Crippen LogP contribution in [0.1, 0.15) is 59.5 Å². The van der Waals surface area contributed by atoms with Crippen LogP contribution < -0.4 is 5.32 Å². The van der Waals surface area contributed by atoms with Crippen LogP contribution in [-0.2, 0) is 4.74 Å². The molecule has 4 aromatic rings. The van der Waals surface area contributed by atoms with Gasteiger partial charge < -0.3 is 15.0 Å². The van der Waals surface area contributed by atoms with Crippen LogP contribution in [-0.4, -0.2) is 35.0 Å². The molecular formula is C26H27FN4O2. The van der Waals surface area contributed by atoms with Crippen molar-refractivity contribution in [2.24, 2.45) is 5.92 Å². The summed E-state index contributed by atoms with van der Waals surface area (Å²) in [5, 5.41) is 3.55. The summed E-state index contributed by atoms with van der Waals surface area (Å²) in [6, 6.07) is 12.3. The highest BCUT2D eigenvalue weighted by Crippen LogP contribution is 2.43. The normalized spacial score (nSPS) is 19.6. The summed E-state index contributed by atoms with van der Waals surface area (Å²) in [7, 11) is 3.34. The van der Waals surface area contributed by atoms with Crippen molar-refractivity contribution in [1.82, 2.24) is 20.3 Å². The fourth-order valence-electron chi connectivity index (χ4n) is 5.20. The van der Waals surface area contributed by atoms with Crippen LogP contribution in [0.25, 0.3) is 21.9 Å². The van der Waals surface area contributed by atoms with Gasteiger partial charge in [-0.15, -0.1) is 0 Å². The second-order valence-electron chi connectivity index (χ2n) is 8.76. The fraction of sp³-hybridized carbons (Fsp3) is 0.346. The third-order valence-electron chi connectivity index (χ3n) is 6.89. The van der Waals surface area contributed by atoms with Gasteiger partial charge in [-0.1, -0.05) is 0 Å². The van der Waals surface area contributed by atoms with Gasteiger partial charge >= 0.3 is 0 Å². The minimum absolute atomic E-state index is 0.133. The molecule has 0 aliphatic heterocycles. The minimum atomic E-state index is -0.227. The van der Waals surface area contributed by atoms with E-state index in [0.717, 1.165) is 53.4 Å². The summed E-state index contributed by atoms with van der Waals surface area (Å²) in [4.78, 5) is 24.5. The van der Waals surface area contributed by atoms with Gasteiger partial charge in [0.1, 0.15) is 17.7 Å². The lowest BCUT2D eigenvalue weighted by atomic mass is 9.76. The van der Waals surface area contributed by atoms with Gasteiger partial charge in [-0.05, 0) is 85.5 Å². The number of carbonyl (C=O) groups is 1. The van der Waals surface area contributed by atoms with Crippen molar-refractivity contribution < 1.29 is 13.9 Å². The molecule has 1 fully saturated rings. The number of hydrogen-bond donors (Lipinski definition) is 2. The Morgan fingerprint density at radius 3 is 2.70 bits per heavy atom. The summed E-state index contributed by atoms with van der Waals surface area (Å²) in [5.74, 6) is 1.13. The summed E-state index contributed by atoms with van der Waals surface area (Å²) in [6.07, 6.45) is 5.66. The fourth-order valence-corrected chi connectivity index (χ4v) is 5.20. The van der Waals surface area contributed by atoms with Crippen molar-refractivity contribution in [3.05, 3.63) is 71.4 Å². The zero-order valence-electron chi connectivity index (χ0n) is 18.8. The molecule has 0 unspecified atom stereocenters. The van der Waals surface area contributed by atoms with Gasteiger partial charge in [0.15, 0.2) is 0 Å². The molecule has 0 spiro atoms. The first-order valence-corrected chi connectivity index (χ1v) is 11.4. The maximum atomic E-state index is 13.9. The van der Waals surface area contributed by atoms with Crippen LogP contribution in [0.5, 0.6) is 0 Å². The first-order chi connectivity index (χ1) is 16.1. The number of rotatable bonds is 5.